The number of rotatable bonds is 7. The highest BCUT2D eigenvalue weighted by atomic mass is 16.5. The zero-order valence-electron chi connectivity index (χ0n) is 18.1. The van der Waals surface area contributed by atoms with Gasteiger partial charge in [0.1, 0.15) is 0 Å². The highest BCUT2D eigenvalue weighted by Crippen LogP contribution is 2.42. The summed E-state index contributed by atoms with van der Waals surface area (Å²) in [5.41, 5.74) is 4.15. The molecule has 2 aromatic rings. The molecular formula is C24H30N2O5. The van der Waals surface area contributed by atoms with E-state index >= 15 is 0 Å². The Hall–Kier alpha value is -2.93. The van der Waals surface area contributed by atoms with Crippen LogP contribution in [-0.2, 0) is 24.1 Å². The normalized spacial score (nSPS) is 17.7. The van der Waals surface area contributed by atoms with Gasteiger partial charge >= 0.3 is 0 Å². The number of carbonyl (C=O) groups is 1. The maximum absolute atomic E-state index is 12.6. The van der Waals surface area contributed by atoms with Crippen LogP contribution in [0.3, 0.4) is 0 Å². The van der Waals surface area contributed by atoms with Crippen LogP contribution in [-0.4, -0.2) is 71.4 Å². The van der Waals surface area contributed by atoms with Crippen LogP contribution in [0.5, 0.6) is 23.0 Å². The molecule has 0 bridgehead atoms. The monoisotopic (exact) mass is 426 g/mol. The van der Waals surface area contributed by atoms with E-state index < -0.39 is 0 Å². The van der Waals surface area contributed by atoms with Crippen LogP contribution in [0, 0.1) is 0 Å². The minimum Gasteiger partial charge on any atom is -0.504 e. The summed E-state index contributed by atoms with van der Waals surface area (Å²) >= 11 is 0. The SMILES string of the molecule is COc1cc2c(cc1O)[C@@H](CN(C)CCCN1CCc3cc(O)c(O)cc3CC1=O)C2. The molecule has 0 aromatic heterocycles. The van der Waals surface area contributed by atoms with Crippen LogP contribution in [0.25, 0.3) is 0 Å². The summed E-state index contributed by atoms with van der Waals surface area (Å²) in [7, 11) is 3.65. The smallest absolute Gasteiger partial charge is 0.227 e. The van der Waals surface area contributed by atoms with Crippen molar-refractivity contribution in [3.05, 3.63) is 46.5 Å². The number of nitrogens with zero attached hydrogens (tertiary/aromatic N) is 2. The van der Waals surface area contributed by atoms with Gasteiger partial charge in [-0.1, -0.05) is 0 Å². The zero-order chi connectivity index (χ0) is 22.1. The van der Waals surface area contributed by atoms with Crippen LogP contribution >= 0.6 is 0 Å². The van der Waals surface area contributed by atoms with Crippen molar-refractivity contribution in [2.24, 2.45) is 0 Å². The van der Waals surface area contributed by atoms with Gasteiger partial charge in [0.05, 0.1) is 13.5 Å². The molecule has 0 saturated heterocycles. The number of likely N-dealkylation sites (N-methyl/N-ethyl adjacent to an activating group) is 1. The van der Waals surface area contributed by atoms with Crippen molar-refractivity contribution < 1.29 is 24.9 Å². The first-order chi connectivity index (χ1) is 14.9. The molecular weight excluding hydrogens is 396 g/mol. The van der Waals surface area contributed by atoms with E-state index in [9.17, 15) is 20.1 Å². The lowest BCUT2D eigenvalue weighted by atomic mass is 9.77. The maximum Gasteiger partial charge on any atom is 0.227 e. The minimum atomic E-state index is -0.175. The Balaban J connectivity index is 1.26. The van der Waals surface area contributed by atoms with Gasteiger partial charge in [0.2, 0.25) is 5.91 Å². The Morgan fingerprint density at radius 1 is 1.06 bits per heavy atom. The Labute approximate surface area is 182 Å². The Bertz CT molecular complexity index is 990. The summed E-state index contributed by atoms with van der Waals surface area (Å²) in [4.78, 5) is 16.8. The number of fused-ring (bicyclic) bond motifs is 2. The molecule has 31 heavy (non-hydrogen) atoms. The zero-order valence-corrected chi connectivity index (χ0v) is 18.1. The molecule has 1 aliphatic carbocycles. The van der Waals surface area contributed by atoms with E-state index in [1.165, 1.54) is 17.2 Å². The maximum atomic E-state index is 12.6. The van der Waals surface area contributed by atoms with Gasteiger partial charge in [-0.05, 0) is 79.4 Å². The third-order valence-corrected chi connectivity index (χ3v) is 6.49. The molecule has 0 spiro atoms. The molecule has 1 atom stereocenters. The van der Waals surface area contributed by atoms with E-state index in [-0.39, 0.29) is 29.6 Å². The number of carbonyl (C=O) groups excluding carboxylic acids is 1. The molecule has 7 heteroatoms. The second-order valence-corrected chi connectivity index (χ2v) is 8.66. The largest absolute Gasteiger partial charge is 0.504 e. The Morgan fingerprint density at radius 2 is 1.81 bits per heavy atom. The van der Waals surface area contributed by atoms with Gasteiger partial charge in [0, 0.05) is 25.6 Å². The van der Waals surface area contributed by atoms with E-state index in [1.807, 2.05) is 17.0 Å². The van der Waals surface area contributed by atoms with E-state index in [2.05, 4.69) is 11.9 Å². The van der Waals surface area contributed by atoms with Gasteiger partial charge in [0.15, 0.2) is 23.0 Å². The standard InChI is InChI=1S/C24H30N2O5/c1-25(14-18-8-17-11-23(31-2)22(29)13-19(17)18)5-3-6-26-7-4-15-9-20(27)21(28)10-16(15)12-24(26)30/h9-11,13,18,27-29H,3-8,12,14H2,1-2H3/t18-/m1/s1. The molecule has 1 heterocycles. The van der Waals surface area contributed by atoms with E-state index in [0.29, 0.717) is 31.2 Å². The number of methoxy groups -OCH3 is 1. The molecule has 4 rings (SSSR count). The van der Waals surface area contributed by atoms with Crippen LogP contribution in [0.4, 0.5) is 0 Å². The summed E-state index contributed by atoms with van der Waals surface area (Å²) in [6, 6.07) is 6.81. The number of benzene rings is 2. The van der Waals surface area contributed by atoms with E-state index in [4.69, 9.17) is 4.74 Å². The molecule has 166 valence electrons. The number of hydrogen-bond acceptors (Lipinski definition) is 6. The van der Waals surface area contributed by atoms with Crippen molar-refractivity contribution in [3.8, 4) is 23.0 Å². The van der Waals surface area contributed by atoms with Gasteiger partial charge in [-0.15, -0.1) is 0 Å². The topological polar surface area (TPSA) is 93.5 Å². The predicted octanol–water partition coefficient (Wildman–Crippen LogP) is 2.40. The Morgan fingerprint density at radius 3 is 2.55 bits per heavy atom. The molecule has 0 unspecified atom stereocenters. The first-order valence-corrected chi connectivity index (χ1v) is 10.8. The molecule has 0 fully saturated rings. The van der Waals surface area contributed by atoms with Gasteiger partial charge in [0.25, 0.3) is 0 Å². The molecule has 0 radical (unpaired) electrons. The second-order valence-electron chi connectivity index (χ2n) is 8.66. The molecule has 7 nitrogen and oxygen atoms in total. The van der Waals surface area contributed by atoms with Gasteiger partial charge in [-0.3, -0.25) is 4.79 Å². The van der Waals surface area contributed by atoms with Crippen LogP contribution in [0.1, 0.15) is 34.6 Å². The lowest BCUT2D eigenvalue weighted by molar-refractivity contribution is -0.130. The highest BCUT2D eigenvalue weighted by molar-refractivity contribution is 5.80. The molecule has 2 aliphatic rings. The number of aromatic hydroxyl groups is 3. The number of phenols is 3. The number of hydrogen-bond donors (Lipinski definition) is 3. The number of phenolic OH excluding ortho intramolecular Hbond substituents is 3. The lowest BCUT2D eigenvalue weighted by Crippen LogP contribution is -2.36. The predicted molar refractivity (Wildman–Crippen MR) is 117 cm³/mol. The fraction of sp³-hybridized carbons (Fsp3) is 0.458. The van der Waals surface area contributed by atoms with Crippen LogP contribution < -0.4 is 4.74 Å². The first-order valence-electron chi connectivity index (χ1n) is 10.8. The van der Waals surface area contributed by atoms with Crippen molar-refractivity contribution in [2.45, 2.75) is 31.6 Å². The number of ether oxygens (including phenoxy) is 1. The molecule has 2 aromatic carbocycles. The average Bonchev–Trinajstić information content (AvgIpc) is 2.87. The molecule has 3 N–H and O–H groups in total. The minimum absolute atomic E-state index is 0.0591. The fourth-order valence-corrected chi connectivity index (χ4v) is 4.71. The summed E-state index contributed by atoms with van der Waals surface area (Å²) in [5.74, 6) is 0.878. The molecule has 0 saturated carbocycles. The summed E-state index contributed by atoms with van der Waals surface area (Å²) in [6.45, 7) is 3.11. The van der Waals surface area contributed by atoms with Crippen molar-refractivity contribution in [1.82, 2.24) is 9.80 Å². The number of amides is 1. The third kappa shape index (κ3) is 4.42. The van der Waals surface area contributed by atoms with Gasteiger partial charge < -0.3 is 29.9 Å². The summed E-state index contributed by atoms with van der Waals surface area (Å²) in [5, 5.41) is 29.5. The van der Waals surface area contributed by atoms with E-state index in [1.54, 1.807) is 13.2 Å². The van der Waals surface area contributed by atoms with Crippen LogP contribution in [0.2, 0.25) is 0 Å². The average molecular weight is 427 g/mol. The van der Waals surface area contributed by atoms with Gasteiger partial charge in [-0.25, -0.2) is 0 Å². The Kier molecular flexibility index (Phi) is 5.96. The van der Waals surface area contributed by atoms with Crippen molar-refractivity contribution >= 4 is 5.91 Å². The molecule has 1 amide bonds. The second kappa shape index (κ2) is 8.67. The van der Waals surface area contributed by atoms with E-state index in [0.717, 1.165) is 37.1 Å². The van der Waals surface area contributed by atoms with Crippen molar-refractivity contribution in [1.29, 1.82) is 0 Å². The highest BCUT2D eigenvalue weighted by Gasteiger charge is 2.29. The molecule has 1 aliphatic heterocycles. The first kappa shape index (κ1) is 21.3. The van der Waals surface area contributed by atoms with Crippen LogP contribution in [0.15, 0.2) is 24.3 Å². The van der Waals surface area contributed by atoms with Crippen molar-refractivity contribution in [3.63, 3.8) is 0 Å². The quantitative estimate of drug-likeness (QED) is 0.589. The lowest BCUT2D eigenvalue weighted by Gasteiger charge is -2.34. The summed E-state index contributed by atoms with van der Waals surface area (Å²) in [6.07, 6.45) is 2.79. The fourth-order valence-electron chi connectivity index (χ4n) is 4.71. The van der Waals surface area contributed by atoms with Crippen molar-refractivity contribution in [2.75, 3.05) is 40.3 Å². The summed E-state index contributed by atoms with van der Waals surface area (Å²) < 4.78 is 5.17. The third-order valence-electron chi connectivity index (χ3n) is 6.49. The van der Waals surface area contributed by atoms with Gasteiger partial charge in [-0.2, -0.15) is 0 Å².